The molecular formula is C24H26N2O3. The Bertz CT molecular complexity index is 933. The van der Waals surface area contributed by atoms with Crippen LogP contribution in [0.25, 0.3) is 0 Å². The molecule has 0 unspecified atom stereocenters. The van der Waals surface area contributed by atoms with E-state index in [1.165, 1.54) is 22.4 Å². The van der Waals surface area contributed by atoms with Gasteiger partial charge in [0.05, 0.1) is 31.3 Å². The quantitative estimate of drug-likeness (QED) is 0.701. The van der Waals surface area contributed by atoms with Gasteiger partial charge in [-0.1, -0.05) is 36.4 Å². The number of hydrogen-bond acceptors (Lipinski definition) is 5. The molecule has 0 saturated heterocycles. The molecule has 0 aromatic heterocycles. The van der Waals surface area contributed by atoms with Crippen LogP contribution in [-0.2, 0) is 16.0 Å². The molecule has 1 aliphatic heterocycles. The summed E-state index contributed by atoms with van der Waals surface area (Å²) in [6, 6.07) is 17.0. The van der Waals surface area contributed by atoms with E-state index in [0.717, 1.165) is 31.4 Å². The van der Waals surface area contributed by atoms with Crippen molar-refractivity contribution in [1.82, 2.24) is 5.01 Å². The third-order valence-corrected chi connectivity index (χ3v) is 6.24. The Balaban J connectivity index is 1.41. The Hall–Kier alpha value is -2.82. The molecule has 1 saturated carbocycles. The zero-order chi connectivity index (χ0) is 19.8. The van der Waals surface area contributed by atoms with Crippen molar-refractivity contribution < 1.29 is 14.3 Å². The minimum atomic E-state index is -0.0550. The first-order chi connectivity index (χ1) is 14.2. The van der Waals surface area contributed by atoms with Crippen LogP contribution in [0.15, 0.2) is 53.6 Å². The number of nitrogens with zero attached hydrogens (tertiary/aromatic N) is 2. The van der Waals surface area contributed by atoms with Crippen molar-refractivity contribution in [1.29, 1.82) is 0 Å². The van der Waals surface area contributed by atoms with E-state index in [1.54, 1.807) is 7.11 Å². The molecule has 2 aromatic rings. The van der Waals surface area contributed by atoms with Crippen LogP contribution < -0.4 is 4.74 Å². The van der Waals surface area contributed by atoms with Crippen LogP contribution >= 0.6 is 0 Å². The number of aryl methyl sites for hydroxylation is 1. The summed E-state index contributed by atoms with van der Waals surface area (Å²) in [4.78, 5) is 11.9. The number of rotatable bonds is 6. The minimum Gasteiger partial charge on any atom is -0.497 e. The fourth-order valence-corrected chi connectivity index (χ4v) is 4.55. The molecular weight excluding hydrogens is 364 g/mol. The molecule has 1 fully saturated rings. The molecule has 1 heterocycles. The van der Waals surface area contributed by atoms with E-state index in [0.29, 0.717) is 19.1 Å². The molecule has 3 aliphatic rings. The van der Waals surface area contributed by atoms with Crippen molar-refractivity contribution in [2.24, 2.45) is 16.9 Å². The summed E-state index contributed by atoms with van der Waals surface area (Å²) in [5.74, 6) is 1.27. The van der Waals surface area contributed by atoms with E-state index >= 15 is 0 Å². The van der Waals surface area contributed by atoms with Crippen molar-refractivity contribution in [3.8, 4) is 5.75 Å². The third-order valence-electron chi connectivity index (χ3n) is 6.24. The fraction of sp³-hybridized carbons (Fsp3) is 0.417. The highest BCUT2D eigenvalue weighted by molar-refractivity contribution is 6.05. The predicted molar refractivity (Wildman–Crippen MR) is 111 cm³/mol. The van der Waals surface area contributed by atoms with Crippen molar-refractivity contribution >= 4 is 11.7 Å². The largest absolute Gasteiger partial charge is 0.497 e. The molecule has 5 rings (SSSR count). The SMILES string of the molecule is COc1ccc([C@@H]2[C@@H]3CCc4ccccc4C3=NN2CCOC(=O)C2CC2)cc1. The Morgan fingerprint density at radius 3 is 2.66 bits per heavy atom. The first kappa shape index (κ1) is 18.2. The summed E-state index contributed by atoms with van der Waals surface area (Å²) in [5, 5.41) is 7.17. The van der Waals surface area contributed by atoms with E-state index in [4.69, 9.17) is 14.6 Å². The second-order valence-corrected chi connectivity index (χ2v) is 8.11. The summed E-state index contributed by atoms with van der Waals surface area (Å²) >= 11 is 0. The zero-order valence-electron chi connectivity index (χ0n) is 16.7. The van der Waals surface area contributed by atoms with Gasteiger partial charge in [0, 0.05) is 11.5 Å². The van der Waals surface area contributed by atoms with Gasteiger partial charge in [0.2, 0.25) is 0 Å². The van der Waals surface area contributed by atoms with E-state index in [2.05, 4.69) is 41.4 Å². The number of hydrazone groups is 1. The first-order valence-electron chi connectivity index (χ1n) is 10.5. The summed E-state index contributed by atoms with van der Waals surface area (Å²) < 4.78 is 10.8. The smallest absolute Gasteiger partial charge is 0.308 e. The summed E-state index contributed by atoms with van der Waals surface area (Å²) in [6.07, 6.45) is 4.08. The van der Waals surface area contributed by atoms with Crippen molar-refractivity contribution in [3.05, 3.63) is 65.2 Å². The normalized spacial score (nSPS) is 22.5. The van der Waals surface area contributed by atoms with E-state index in [1.807, 2.05) is 12.1 Å². The zero-order valence-corrected chi connectivity index (χ0v) is 16.7. The average molecular weight is 390 g/mol. The van der Waals surface area contributed by atoms with Gasteiger partial charge in [0.25, 0.3) is 0 Å². The predicted octanol–water partition coefficient (Wildman–Crippen LogP) is 3.97. The molecule has 29 heavy (non-hydrogen) atoms. The second-order valence-electron chi connectivity index (χ2n) is 8.11. The maximum atomic E-state index is 11.9. The van der Waals surface area contributed by atoms with Gasteiger partial charge < -0.3 is 9.47 Å². The van der Waals surface area contributed by atoms with Gasteiger partial charge >= 0.3 is 5.97 Å². The summed E-state index contributed by atoms with van der Waals surface area (Å²) in [5.41, 5.74) is 5.03. The van der Waals surface area contributed by atoms with Gasteiger partial charge in [-0.15, -0.1) is 0 Å². The average Bonchev–Trinajstić information content (AvgIpc) is 3.55. The number of benzene rings is 2. The molecule has 2 atom stereocenters. The summed E-state index contributed by atoms with van der Waals surface area (Å²) in [6.45, 7) is 0.991. The Morgan fingerprint density at radius 1 is 1.10 bits per heavy atom. The third kappa shape index (κ3) is 3.50. The summed E-state index contributed by atoms with van der Waals surface area (Å²) in [7, 11) is 1.68. The van der Waals surface area contributed by atoms with Crippen LogP contribution in [0.5, 0.6) is 5.75 Å². The molecule has 2 aliphatic carbocycles. The number of methoxy groups -OCH3 is 1. The van der Waals surface area contributed by atoms with Gasteiger partial charge in [-0.05, 0) is 48.9 Å². The second kappa shape index (κ2) is 7.54. The molecule has 0 amide bonds. The Labute approximate surface area is 171 Å². The number of fused-ring (bicyclic) bond motifs is 3. The molecule has 0 spiro atoms. The maximum absolute atomic E-state index is 11.9. The fourth-order valence-electron chi connectivity index (χ4n) is 4.55. The molecule has 5 nitrogen and oxygen atoms in total. The number of hydrogen-bond donors (Lipinski definition) is 0. The lowest BCUT2D eigenvalue weighted by molar-refractivity contribution is -0.145. The lowest BCUT2D eigenvalue weighted by atomic mass is 9.77. The van der Waals surface area contributed by atoms with Gasteiger partial charge in [0.15, 0.2) is 0 Å². The lowest BCUT2D eigenvalue weighted by Gasteiger charge is -2.30. The molecule has 0 N–H and O–H groups in total. The lowest BCUT2D eigenvalue weighted by Crippen LogP contribution is -2.31. The van der Waals surface area contributed by atoms with Crippen LogP contribution in [0, 0.1) is 11.8 Å². The monoisotopic (exact) mass is 390 g/mol. The topological polar surface area (TPSA) is 51.1 Å². The van der Waals surface area contributed by atoms with Crippen LogP contribution in [0.1, 0.15) is 42.0 Å². The highest BCUT2D eigenvalue weighted by Crippen LogP contribution is 2.43. The first-order valence-corrected chi connectivity index (χ1v) is 10.5. The van der Waals surface area contributed by atoms with Gasteiger partial charge in [0.1, 0.15) is 12.4 Å². The number of carbonyl (C=O) groups is 1. The van der Waals surface area contributed by atoms with Gasteiger partial charge in [-0.3, -0.25) is 9.80 Å². The molecule has 5 heteroatoms. The van der Waals surface area contributed by atoms with Crippen molar-refractivity contribution in [3.63, 3.8) is 0 Å². The van der Waals surface area contributed by atoms with Crippen molar-refractivity contribution in [2.45, 2.75) is 31.7 Å². The van der Waals surface area contributed by atoms with Crippen LogP contribution in [0.2, 0.25) is 0 Å². The number of ether oxygens (including phenoxy) is 2. The number of esters is 1. The standard InChI is InChI=1S/C24H26N2O3/c1-28-19-11-8-17(9-12-19)23-21-13-10-16-4-2-3-5-20(16)22(21)25-26(23)14-15-29-24(27)18-6-7-18/h2-5,8-9,11-12,18,21,23H,6-7,10,13-15H2,1H3/t21-,23-/m1/s1. The van der Waals surface area contributed by atoms with Crippen LogP contribution in [0.3, 0.4) is 0 Å². The highest BCUT2D eigenvalue weighted by Gasteiger charge is 2.41. The van der Waals surface area contributed by atoms with Crippen LogP contribution in [-0.4, -0.2) is 37.0 Å². The maximum Gasteiger partial charge on any atom is 0.308 e. The molecule has 0 radical (unpaired) electrons. The van der Waals surface area contributed by atoms with Crippen molar-refractivity contribution in [2.75, 3.05) is 20.3 Å². The van der Waals surface area contributed by atoms with Gasteiger partial charge in [-0.25, -0.2) is 0 Å². The molecule has 0 bridgehead atoms. The van der Waals surface area contributed by atoms with E-state index < -0.39 is 0 Å². The number of carbonyl (C=O) groups excluding carboxylic acids is 1. The Kier molecular flexibility index (Phi) is 4.74. The minimum absolute atomic E-state index is 0.0550. The molecule has 150 valence electrons. The van der Waals surface area contributed by atoms with E-state index in [9.17, 15) is 4.79 Å². The van der Waals surface area contributed by atoms with Gasteiger partial charge in [-0.2, -0.15) is 5.10 Å². The molecule has 2 aromatic carbocycles. The Morgan fingerprint density at radius 2 is 1.90 bits per heavy atom. The highest BCUT2D eigenvalue weighted by atomic mass is 16.5. The van der Waals surface area contributed by atoms with E-state index in [-0.39, 0.29) is 17.9 Å². The van der Waals surface area contributed by atoms with Crippen LogP contribution in [0.4, 0.5) is 0 Å².